The second kappa shape index (κ2) is 7.24. The molecule has 0 bridgehead atoms. The summed E-state index contributed by atoms with van der Waals surface area (Å²) in [6, 6.07) is 0. The fourth-order valence-corrected chi connectivity index (χ4v) is 1.38. The van der Waals surface area contributed by atoms with Crippen molar-refractivity contribution in [1.82, 2.24) is 4.86 Å². The zero-order valence-electron chi connectivity index (χ0n) is 5.07. The summed E-state index contributed by atoms with van der Waals surface area (Å²) < 4.78 is 8.25. The Bertz CT molecular complexity index is 149. The number of carbonyl (C=O) groups is 1. The molecule has 0 aliphatic heterocycles. The van der Waals surface area contributed by atoms with Crippen molar-refractivity contribution in [3.8, 4) is 0 Å². The topological polar surface area (TPSA) is 50.7 Å². The van der Waals surface area contributed by atoms with E-state index in [4.69, 9.17) is 0 Å². The molecule has 56 valence electrons. The molecule has 0 aliphatic carbocycles. The highest BCUT2D eigenvalue weighted by Crippen LogP contribution is 2.16. The molecule has 0 saturated heterocycles. The van der Waals surface area contributed by atoms with Gasteiger partial charge < -0.3 is 4.52 Å². The fourth-order valence-electron chi connectivity index (χ4n) is 0.147. The van der Waals surface area contributed by atoms with E-state index in [0.717, 1.165) is 6.08 Å². The standard InChI is InChI=1S/C3H7N2O2P3/c1-2-3(6)7-10-5-9-4-8/h2,4,9H,1,8H2. The van der Waals surface area contributed by atoms with Crippen molar-refractivity contribution in [2.75, 3.05) is 0 Å². The first-order valence-electron chi connectivity index (χ1n) is 2.25. The zero-order chi connectivity index (χ0) is 7.82. The summed E-state index contributed by atoms with van der Waals surface area (Å²) in [4.78, 5) is 13.1. The number of carbonyl (C=O) groups excluding carboxylic acids is 1. The lowest BCUT2D eigenvalue weighted by Crippen LogP contribution is -1.86. The highest BCUT2D eigenvalue weighted by atomic mass is 31.1. The maximum Gasteiger partial charge on any atom is 0.339 e. The van der Waals surface area contributed by atoms with Crippen LogP contribution in [0.2, 0.25) is 0 Å². The third-order valence-corrected chi connectivity index (χ3v) is 1.96. The Morgan fingerprint density at radius 3 is 3.20 bits per heavy atom. The number of nitrogens with one attached hydrogen (secondary N) is 1. The number of hydrogen-bond acceptors (Lipinski definition) is 4. The molecule has 0 aromatic rings. The molecule has 0 amide bonds. The maximum absolute atomic E-state index is 10.3. The van der Waals surface area contributed by atoms with E-state index in [9.17, 15) is 4.79 Å². The molecule has 0 aromatic heterocycles. The minimum atomic E-state index is -0.459. The van der Waals surface area contributed by atoms with Crippen LogP contribution in [0, 0.1) is 0 Å². The molecule has 7 heteroatoms. The van der Waals surface area contributed by atoms with Gasteiger partial charge in [0.2, 0.25) is 8.60 Å². The predicted octanol–water partition coefficient (Wildman–Crippen LogP) is 1.65. The SMILES string of the molecule is C=CC(=O)OP=NPNP. The Hall–Kier alpha value is 0.130. The van der Waals surface area contributed by atoms with Crippen molar-refractivity contribution >= 4 is 32.8 Å². The molecule has 0 aliphatic rings. The lowest BCUT2D eigenvalue weighted by atomic mass is 10.7. The Kier molecular flexibility index (Phi) is 7.33. The summed E-state index contributed by atoms with van der Waals surface area (Å²) >= 11 is 0. The van der Waals surface area contributed by atoms with Crippen LogP contribution < -0.4 is 4.86 Å². The molecule has 1 N–H and O–H groups in total. The van der Waals surface area contributed by atoms with Crippen LogP contribution in [-0.2, 0) is 9.32 Å². The minimum absolute atomic E-state index is 0.230. The summed E-state index contributed by atoms with van der Waals surface area (Å²) in [5, 5.41) is 0. The van der Waals surface area contributed by atoms with Crippen LogP contribution in [0.4, 0.5) is 0 Å². The van der Waals surface area contributed by atoms with Gasteiger partial charge in [-0.25, -0.2) is 4.79 Å². The molecule has 0 saturated carbocycles. The lowest BCUT2D eigenvalue weighted by molar-refractivity contribution is -0.127. The molecular weight excluding hydrogens is 189 g/mol. The summed E-state index contributed by atoms with van der Waals surface area (Å²) in [5.41, 5.74) is 0. The summed E-state index contributed by atoms with van der Waals surface area (Å²) in [6.07, 6.45) is 1.10. The second-order valence-electron chi connectivity index (χ2n) is 1.05. The first kappa shape index (κ1) is 10.1. The normalized spacial score (nSPS) is 10.9. The van der Waals surface area contributed by atoms with E-state index in [1.54, 1.807) is 0 Å². The first-order valence-corrected chi connectivity index (χ1v) is 4.54. The van der Waals surface area contributed by atoms with Gasteiger partial charge in [-0.3, -0.25) is 4.86 Å². The average molecular weight is 196 g/mol. The number of rotatable bonds is 4. The van der Waals surface area contributed by atoms with Gasteiger partial charge in [-0.2, -0.15) is 4.52 Å². The lowest BCUT2D eigenvalue weighted by Gasteiger charge is -1.87. The van der Waals surface area contributed by atoms with Crippen LogP contribution in [0.3, 0.4) is 0 Å². The molecule has 0 fully saturated rings. The van der Waals surface area contributed by atoms with Crippen molar-refractivity contribution in [3.05, 3.63) is 12.7 Å². The van der Waals surface area contributed by atoms with Crippen LogP contribution >= 0.6 is 26.9 Å². The monoisotopic (exact) mass is 196 g/mol. The molecular formula is C3H7N2O2P3. The largest absolute Gasteiger partial charge is 0.385 e. The number of hydrogen-bond donors (Lipinski definition) is 1. The summed E-state index contributed by atoms with van der Waals surface area (Å²) in [7, 11) is 2.83. The first-order chi connectivity index (χ1) is 4.81. The Morgan fingerprint density at radius 2 is 2.70 bits per heavy atom. The van der Waals surface area contributed by atoms with E-state index >= 15 is 0 Å². The van der Waals surface area contributed by atoms with Gasteiger partial charge in [-0.05, 0) is 0 Å². The van der Waals surface area contributed by atoms with Gasteiger partial charge in [0.1, 0.15) is 0 Å². The van der Waals surface area contributed by atoms with Gasteiger partial charge in [-0.1, -0.05) is 16.0 Å². The quantitative estimate of drug-likeness (QED) is 0.549. The Balaban J connectivity index is 3.33. The molecule has 0 spiro atoms. The highest BCUT2D eigenvalue weighted by molar-refractivity contribution is 7.48. The van der Waals surface area contributed by atoms with Crippen molar-refractivity contribution < 1.29 is 9.32 Å². The van der Waals surface area contributed by atoms with Crippen LogP contribution in [0.5, 0.6) is 0 Å². The van der Waals surface area contributed by atoms with Gasteiger partial charge >= 0.3 is 5.97 Å². The maximum atomic E-state index is 10.3. The smallest absolute Gasteiger partial charge is 0.339 e. The van der Waals surface area contributed by atoms with E-state index in [0.29, 0.717) is 8.60 Å². The van der Waals surface area contributed by atoms with Crippen molar-refractivity contribution in [1.29, 1.82) is 0 Å². The molecule has 10 heavy (non-hydrogen) atoms. The minimum Gasteiger partial charge on any atom is -0.385 e. The number of nitrogens with zero attached hydrogens (tertiary/aromatic N) is 1. The third kappa shape index (κ3) is 6.25. The average Bonchev–Trinajstić information content (AvgIpc) is 1.98. The molecule has 2 unspecified atom stereocenters. The van der Waals surface area contributed by atoms with Crippen LogP contribution in [0.25, 0.3) is 0 Å². The van der Waals surface area contributed by atoms with Gasteiger partial charge in [0.15, 0.2) is 0 Å². The summed E-state index contributed by atoms with van der Waals surface area (Å²) in [5.74, 6) is -0.459. The molecule has 0 rings (SSSR count). The van der Waals surface area contributed by atoms with E-state index in [-0.39, 0.29) is 8.88 Å². The van der Waals surface area contributed by atoms with Gasteiger partial charge in [0.05, 0.1) is 8.88 Å². The van der Waals surface area contributed by atoms with Crippen molar-refractivity contribution in [2.45, 2.75) is 0 Å². The van der Waals surface area contributed by atoms with E-state index in [2.05, 4.69) is 29.9 Å². The fraction of sp³-hybridized carbons (Fsp3) is 0. The molecule has 4 nitrogen and oxygen atoms in total. The molecule has 0 aromatic carbocycles. The molecule has 2 atom stereocenters. The molecule has 0 heterocycles. The van der Waals surface area contributed by atoms with Gasteiger partial charge in [0, 0.05) is 6.08 Å². The van der Waals surface area contributed by atoms with E-state index < -0.39 is 5.97 Å². The third-order valence-electron chi connectivity index (χ3n) is 0.453. The zero-order valence-corrected chi connectivity index (χ0v) is 8.12. The Morgan fingerprint density at radius 1 is 2.00 bits per heavy atom. The van der Waals surface area contributed by atoms with E-state index in [1.165, 1.54) is 0 Å². The van der Waals surface area contributed by atoms with Crippen molar-refractivity contribution in [2.24, 2.45) is 4.52 Å². The van der Waals surface area contributed by atoms with Crippen LogP contribution in [-0.4, -0.2) is 5.97 Å². The Labute approximate surface area is 64.9 Å². The van der Waals surface area contributed by atoms with Crippen molar-refractivity contribution in [3.63, 3.8) is 0 Å². The summed E-state index contributed by atoms with van der Waals surface area (Å²) in [6.45, 7) is 3.22. The van der Waals surface area contributed by atoms with Crippen LogP contribution in [0.15, 0.2) is 17.2 Å². The molecule has 0 radical (unpaired) electrons. The highest BCUT2D eigenvalue weighted by Gasteiger charge is 1.89. The second-order valence-corrected chi connectivity index (χ2v) is 3.58. The van der Waals surface area contributed by atoms with Crippen LogP contribution in [0.1, 0.15) is 0 Å². The predicted molar refractivity (Wildman–Crippen MR) is 46.8 cm³/mol. The van der Waals surface area contributed by atoms with E-state index in [1.807, 2.05) is 0 Å². The van der Waals surface area contributed by atoms with Gasteiger partial charge in [0.25, 0.3) is 0 Å². The van der Waals surface area contributed by atoms with Gasteiger partial charge in [-0.15, -0.1) is 0 Å².